The Labute approximate surface area is 84.3 Å². The third-order valence-corrected chi connectivity index (χ3v) is 26.4. The summed E-state index contributed by atoms with van der Waals surface area (Å²) in [5.41, 5.74) is 0. The molecule has 0 bridgehead atoms. The van der Waals surface area contributed by atoms with Crippen LogP contribution in [0.5, 0.6) is 0 Å². The lowest BCUT2D eigenvalue weighted by Crippen LogP contribution is -1.75. The Morgan fingerprint density at radius 2 is 1.56 bits per heavy atom. The molecule has 4 atom stereocenters. The van der Waals surface area contributed by atoms with E-state index in [0.29, 0.717) is 0 Å². The molecule has 0 saturated carbocycles. The van der Waals surface area contributed by atoms with Gasteiger partial charge in [0, 0.05) is 30.3 Å². The summed E-state index contributed by atoms with van der Waals surface area (Å²) < 4.78 is 9.00. The number of hydrogen-bond acceptors (Lipinski definition) is 1. The highest BCUT2D eigenvalue weighted by Crippen LogP contribution is 2.95. The van der Waals surface area contributed by atoms with Crippen LogP contribution in [0.1, 0.15) is 0 Å². The van der Waals surface area contributed by atoms with Gasteiger partial charge in [0.15, 0.2) is 0 Å². The summed E-state index contributed by atoms with van der Waals surface area (Å²) in [6, 6.07) is 0. The van der Waals surface area contributed by atoms with Crippen LogP contribution in [0.15, 0.2) is 0 Å². The molecule has 4 unspecified atom stereocenters. The van der Waals surface area contributed by atoms with E-state index in [0.717, 1.165) is 0 Å². The minimum absolute atomic E-state index is 0.127. The molecule has 0 heterocycles. The Balaban J connectivity index is 3.98. The molecular weight excluding hydrogens is 358 g/mol. The Bertz CT molecular complexity index is 74.6. The topological polar surface area (TPSA) is 12.0 Å². The highest BCUT2D eigenvalue weighted by Gasteiger charge is 2.14. The zero-order valence-corrected chi connectivity index (χ0v) is 13.9. The summed E-state index contributed by atoms with van der Waals surface area (Å²) in [7, 11) is 10.9. The zero-order chi connectivity index (χ0) is 8.31. The van der Waals surface area contributed by atoms with Crippen LogP contribution in [-0.4, -0.2) is 0 Å². The average Bonchev–Trinajstić information content (AvgIpc) is 1.59. The van der Waals surface area contributed by atoms with Gasteiger partial charge in [-0.2, -0.15) is 0 Å². The molecule has 1 N–H and O–H groups in total. The second kappa shape index (κ2) is 7.14. The Morgan fingerprint density at radius 3 is 1.56 bits per heavy atom. The Morgan fingerprint density at radius 1 is 1.22 bits per heavy atom. The second-order valence-corrected chi connectivity index (χ2v) is 26.1. The minimum atomic E-state index is -0.270. The molecule has 0 fully saturated rings. The molecule has 0 aromatic rings. The molecule has 0 aliphatic carbocycles. The van der Waals surface area contributed by atoms with Crippen molar-refractivity contribution in [2.45, 2.75) is 0 Å². The molecule has 0 radical (unpaired) electrons. The van der Waals surface area contributed by atoms with Crippen molar-refractivity contribution in [1.29, 1.82) is 0 Å². The van der Waals surface area contributed by atoms with E-state index in [1.807, 2.05) is 22.9 Å². The minimum Gasteiger partial charge on any atom is -0.230 e. The summed E-state index contributed by atoms with van der Waals surface area (Å²) in [6.07, 6.45) is 0. The molecule has 9 heteroatoms. The largest absolute Gasteiger partial charge is 0.230 e. The fourth-order valence-electron chi connectivity index (χ4n) is 0.197. The molecule has 0 rings (SSSR count). The lowest BCUT2D eigenvalue weighted by Gasteiger charge is -2.21. The first-order valence-electron chi connectivity index (χ1n) is 2.25. The van der Waals surface area contributed by atoms with Gasteiger partial charge in [0.2, 0.25) is 0 Å². The molecule has 1 nitrogen and oxygen atoms in total. The van der Waals surface area contributed by atoms with Crippen LogP contribution in [-0.2, 0) is 0 Å². The normalized spacial score (nSPS) is 14.1. The molecule has 0 amide bonds. The van der Waals surface area contributed by atoms with E-state index in [4.69, 9.17) is 1.41 Å². The van der Waals surface area contributed by atoms with Crippen LogP contribution < -0.4 is 3.29 Å². The summed E-state index contributed by atoms with van der Waals surface area (Å²) in [5.74, 6) is 0. The average molecular weight is 369 g/mol. The van der Waals surface area contributed by atoms with Crippen LogP contribution >= 0.6 is 80.0 Å². The van der Waals surface area contributed by atoms with Crippen LogP contribution in [0.25, 0.3) is 0 Å². The molecular formula is H9INP7. The molecule has 0 aromatic heterocycles. The summed E-state index contributed by atoms with van der Waals surface area (Å²) in [6.45, 7) is -0.253. The summed E-state index contributed by atoms with van der Waals surface area (Å²) >= 11 is 2.04. The van der Waals surface area contributed by atoms with Gasteiger partial charge in [-0.25, -0.2) is 3.29 Å². The molecule has 0 aliphatic heterocycles. The predicted octanol–water partition coefficient (Wildman–Crippen LogP) is 4.28. The fourth-order valence-corrected chi connectivity index (χ4v) is 43.1. The third kappa shape index (κ3) is 5.87. The lowest BCUT2D eigenvalue weighted by molar-refractivity contribution is 1.87. The Hall–Kier alpha value is 3.70. The fraction of sp³-hybridized carbons (Fsp3) is 0. The van der Waals surface area contributed by atoms with Crippen LogP contribution in [0.4, 0.5) is 0 Å². The van der Waals surface area contributed by atoms with E-state index >= 15 is 0 Å². The van der Waals surface area contributed by atoms with Crippen LogP contribution in [0.3, 0.4) is 0 Å². The van der Waals surface area contributed by atoms with Gasteiger partial charge < -0.3 is 0 Å². The van der Waals surface area contributed by atoms with Crippen molar-refractivity contribution in [1.82, 2.24) is 3.29 Å². The number of nitrogens with one attached hydrogen (secondary N) is 1. The lowest BCUT2D eigenvalue weighted by atomic mass is 13.9. The molecule has 0 aliphatic rings. The molecule has 9 heavy (non-hydrogen) atoms. The van der Waals surface area contributed by atoms with E-state index < -0.39 is 0 Å². The van der Waals surface area contributed by atoms with Gasteiger partial charge in [0.25, 0.3) is 0 Å². The maximum absolute atomic E-state index is 7.42. The molecule has 56 valence electrons. The summed E-state index contributed by atoms with van der Waals surface area (Å²) in [4.78, 5) is 0. The smallest absolute Gasteiger partial charge is 0.140 e. The van der Waals surface area contributed by atoms with Crippen molar-refractivity contribution in [3.63, 3.8) is 0 Å². The van der Waals surface area contributed by atoms with Crippen molar-refractivity contribution < 1.29 is 1.41 Å². The highest BCUT2D eigenvalue weighted by atomic mass is 127. The molecule has 0 saturated heterocycles. The van der Waals surface area contributed by atoms with Gasteiger partial charge >= 0.3 is 0 Å². The highest BCUT2D eigenvalue weighted by molar-refractivity contribution is 14.1. The first kappa shape index (κ1) is 10.8. The SMILES string of the molecule is [3H]N(I)P(P(P)P)P(P)P. The van der Waals surface area contributed by atoms with Crippen molar-refractivity contribution in [3.8, 4) is 0 Å². The van der Waals surface area contributed by atoms with Gasteiger partial charge in [0.1, 0.15) is 1.41 Å². The van der Waals surface area contributed by atoms with Crippen molar-refractivity contribution in [3.05, 3.63) is 0 Å². The van der Waals surface area contributed by atoms with E-state index in [9.17, 15) is 0 Å². The number of rotatable bonds is 3. The monoisotopic (exact) mass is 369 g/mol. The molecule has 0 aromatic carbocycles. The van der Waals surface area contributed by atoms with E-state index in [2.05, 4.69) is 35.7 Å². The van der Waals surface area contributed by atoms with Crippen molar-refractivity contribution in [2.75, 3.05) is 0 Å². The van der Waals surface area contributed by atoms with E-state index in [-0.39, 0.29) is 21.4 Å². The van der Waals surface area contributed by atoms with E-state index in [1.165, 1.54) is 0 Å². The van der Waals surface area contributed by atoms with Gasteiger partial charge in [-0.05, 0) is 14.0 Å². The van der Waals surface area contributed by atoms with Gasteiger partial charge in [-0.3, -0.25) is 0 Å². The summed E-state index contributed by atoms with van der Waals surface area (Å²) in [5, 5.41) is 0. The second-order valence-electron chi connectivity index (χ2n) is 1.10. The first-order valence-corrected chi connectivity index (χ1v) is 14.6. The van der Waals surface area contributed by atoms with Gasteiger partial charge in [-0.15, -0.1) is 35.7 Å². The van der Waals surface area contributed by atoms with Gasteiger partial charge in [0.05, 0.1) is 0 Å². The van der Waals surface area contributed by atoms with Crippen molar-refractivity contribution in [2.24, 2.45) is 0 Å². The third-order valence-electron chi connectivity index (χ3n) is 0.481. The maximum atomic E-state index is 7.42. The predicted molar refractivity (Wildman–Crippen MR) is 76.8 cm³/mol. The van der Waals surface area contributed by atoms with Crippen molar-refractivity contribution >= 4 is 80.0 Å². The van der Waals surface area contributed by atoms with Crippen LogP contribution in [0, 0.1) is 0 Å². The quantitative estimate of drug-likeness (QED) is 0.445. The van der Waals surface area contributed by atoms with Gasteiger partial charge in [-0.1, -0.05) is 0 Å². The first-order chi connectivity index (χ1) is 4.46. The number of hydrogen-bond donors (Lipinski definition) is 1. The standard InChI is InChI=1S/H9INP7/c1-2-7(8(3)4)9(5)6/h2H,3-6H2/i/hT. The van der Waals surface area contributed by atoms with Crippen LogP contribution in [0.2, 0.25) is 1.41 Å². The zero-order valence-electron chi connectivity index (χ0n) is 5.48. The molecule has 0 spiro atoms. The number of halogens is 1. The Kier molecular flexibility index (Phi) is 8.55. The maximum Gasteiger partial charge on any atom is 0.140 e. The van der Waals surface area contributed by atoms with E-state index in [1.54, 1.807) is 3.29 Å².